The average molecular weight is 411 g/mol. The maximum Gasteiger partial charge on any atom is 0.267 e. The van der Waals surface area contributed by atoms with E-state index < -0.39 is 11.4 Å². The van der Waals surface area contributed by atoms with E-state index in [2.05, 4.69) is 10.4 Å². The molecule has 7 nitrogen and oxygen atoms in total. The Bertz CT molecular complexity index is 1080. The third-order valence-corrected chi connectivity index (χ3v) is 4.49. The van der Waals surface area contributed by atoms with Crippen molar-refractivity contribution >= 4 is 5.91 Å². The minimum atomic E-state index is -0.444. The lowest BCUT2D eigenvalue weighted by Gasteiger charge is -2.11. The largest absolute Gasteiger partial charge is 0.497 e. The first-order valence-electron chi connectivity index (χ1n) is 9.32. The summed E-state index contributed by atoms with van der Waals surface area (Å²) in [4.78, 5) is 24.4. The second kappa shape index (κ2) is 9.69. The third-order valence-electron chi connectivity index (χ3n) is 4.49. The summed E-state index contributed by atoms with van der Waals surface area (Å²) in [6.45, 7) is 0.199. The van der Waals surface area contributed by atoms with Gasteiger partial charge in [0.05, 0.1) is 19.9 Å². The van der Waals surface area contributed by atoms with Gasteiger partial charge < -0.3 is 14.8 Å². The van der Waals surface area contributed by atoms with Crippen LogP contribution in [0, 0.1) is 5.82 Å². The van der Waals surface area contributed by atoms with Crippen LogP contribution >= 0.6 is 0 Å². The van der Waals surface area contributed by atoms with Gasteiger partial charge in [0.2, 0.25) is 5.91 Å². The van der Waals surface area contributed by atoms with E-state index >= 15 is 0 Å². The molecule has 1 heterocycles. The van der Waals surface area contributed by atoms with Gasteiger partial charge >= 0.3 is 0 Å². The fraction of sp³-hybridized carbons (Fsp3) is 0.227. The fourth-order valence-corrected chi connectivity index (χ4v) is 2.91. The number of nitrogens with zero attached hydrogens (tertiary/aromatic N) is 2. The van der Waals surface area contributed by atoms with Crippen molar-refractivity contribution < 1.29 is 18.7 Å². The highest BCUT2D eigenvalue weighted by molar-refractivity contribution is 5.75. The first kappa shape index (κ1) is 21.0. The molecule has 0 unspecified atom stereocenters. The van der Waals surface area contributed by atoms with E-state index in [0.29, 0.717) is 24.2 Å². The number of hydrogen-bond donors (Lipinski definition) is 1. The molecule has 0 spiro atoms. The Hall–Kier alpha value is -3.68. The summed E-state index contributed by atoms with van der Waals surface area (Å²) in [5, 5.41) is 7.01. The molecule has 3 aromatic rings. The van der Waals surface area contributed by atoms with Gasteiger partial charge in [0.25, 0.3) is 5.56 Å². The van der Waals surface area contributed by atoms with Gasteiger partial charge in [0.15, 0.2) is 0 Å². The van der Waals surface area contributed by atoms with Crippen LogP contribution in [0.1, 0.15) is 5.56 Å². The summed E-state index contributed by atoms with van der Waals surface area (Å²) in [7, 11) is 3.02. The van der Waals surface area contributed by atoms with Crippen molar-refractivity contribution in [2.24, 2.45) is 0 Å². The third kappa shape index (κ3) is 5.22. The highest BCUT2D eigenvalue weighted by Gasteiger charge is 2.12. The van der Waals surface area contributed by atoms with Crippen LogP contribution in [0.2, 0.25) is 0 Å². The van der Waals surface area contributed by atoms with E-state index in [0.717, 1.165) is 16.0 Å². The van der Waals surface area contributed by atoms with Gasteiger partial charge in [-0.15, -0.1) is 0 Å². The summed E-state index contributed by atoms with van der Waals surface area (Å²) in [5.41, 5.74) is 1.56. The molecule has 0 radical (unpaired) electrons. The van der Waals surface area contributed by atoms with Gasteiger partial charge in [-0.1, -0.05) is 12.1 Å². The van der Waals surface area contributed by atoms with Crippen molar-refractivity contribution in [2.75, 3.05) is 20.8 Å². The minimum absolute atomic E-state index is 0.223. The normalized spacial score (nSPS) is 10.5. The number of carbonyl (C=O) groups is 1. The molecule has 0 atom stereocenters. The minimum Gasteiger partial charge on any atom is -0.497 e. The molecule has 3 rings (SSSR count). The van der Waals surface area contributed by atoms with Crippen LogP contribution in [0.5, 0.6) is 11.5 Å². The van der Waals surface area contributed by atoms with E-state index in [1.165, 1.54) is 37.4 Å². The van der Waals surface area contributed by atoms with Crippen molar-refractivity contribution in [3.63, 3.8) is 0 Å². The summed E-state index contributed by atoms with van der Waals surface area (Å²) in [6.07, 6.45) is 0.644. The van der Waals surface area contributed by atoms with Gasteiger partial charge in [-0.3, -0.25) is 9.59 Å². The number of hydrogen-bond acceptors (Lipinski definition) is 5. The molecular weight excluding hydrogens is 389 g/mol. The van der Waals surface area contributed by atoms with Crippen molar-refractivity contribution in [1.29, 1.82) is 0 Å². The predicted molar refractivity (Wildman–Crippen MR) is 110 cm³/mol. The Morgan fingerprint density at radius 1 is 1.07 bits per heavy atom. The summed E-state index contributed by atoms with van der Waals surface area (Å²) >= 11 is 0. The molecular formula is C22H22FN3O4. The second-order valence-corrected chi connectivity index (χ2v) is 6.51. The molecule has 0 aliphatic carbocycles. The first-order valence-corrected chi connectivity index (χ1v) is 9.32. The number of halogens is 1. The van der Waals surface area contributed by atoms with Crippen molar-refractivity contribution in [3.8, 4) is 22.8 Å². The van der Waals surface area contributed by atoms with E-state index in [9.17, 15) is 14.0 Å². The maximum absolute atomic E-state index is 13.4. The number of amides is 1. The molecule has 0 fully saturated rings. The Kier molecular flexibility index (Phi) is 6.79. The van der Waals surface area contributed by atoms with Crippen LogP contribution in [-0.4, -0.2) is 36.5 Å². The molecule has 0 aliphatic rings. The van der Waals surface area contributed by atoms with Crippen molar-refractivity contribution in [3.05, 3.63) is 76.3 Å². The number of ether oxygens (including phenoxy) is 2. The lowest BCUT2D eigenvalue weighted by Crippen LogP contribution is -2.34. The van der Waals surface area contributed by atoms with Gasteiger partial charge in [0.1, 0.15) is 23.9 Å². The SMILES string of the molecule is COc1ccc(CCNC(=O)Cn2nc(-c3ccc(F)cc3OC)ccc2=O)cc1. The number of rotatable bonds is 8. The number of carbonyl (C=O) groups excluding carboxylic acids is 1. The van der Waals surface area contributed by atoms with Crippen LogP contribution < -0.4 is 20.3 Å². The number of benzene rings is 2. The summed E-state index contributed by atoms with van der Waals surface area (Å²) < 4.78 is 24.8. The van der Waals surface area contributed by atoms with Crippen LogP contribution in [0.3, 0.4) is 0 Å². The summed E-state index contributed by atoms with van der Waals surface area (Å²) in [5.74, 6) is 0.282. The molecule has 0 bridgehead atoms. The molecule has 2 aromatic carbocycles. The zero-order valence-electron chi connectivity index (χ0n) is 16.7. The molecule has 156 valence electrons. The molecule has 1 amide bonds. The average Bonchev–Trinajstić information content (AvgIpc) is 2.75. The highest BCUT2D eigenvalue weighted by atomic mass is 19.1. The topological polar surface area (TPSA) is 82.4 Å². The maximum atomic E-state index is 13.4. The molecule has 0 saturated heterocycles. The van der Waals surface area contributed by atoms with Gasteiger partial charge in [0, 0.05) is 24.2 Å². The fourth-order valence-electron chi connectivity index (χ4n) is 2.91. The Morgan fingerprint density at radius 3 is 2.53 bits per heavy atom. The van der Waals surface area contributed by atoms with Gasteiger partial charge in [-0.2, -0.15) is 5.10 Å². The van der Waals surface area contributed by atoms with E-state index in [-0.39, 0.29) is 18.2 Å². The lowest BCUT2D eigenvalue weighted by molar-refractivity contribution is -0.121. The van der Waals surface area contributed by atoms with Gasteiger partial charge in [-0.25, -0.2) is 9.07 Å². The molecule has 30 heavy (non-hydrogen) atoms. The number of methoxy groups -OCH3 is 2. The molecule has 8 heteroatoms. The smallest absolute Gasteiger partial charge is 0.267 e. The van der Waals surface area contributed by atoms with Crippen molar-refractivity contribution in [1.82, 2.24) is 15.1 Å². The number of aromatic nitrogens is 2. The van der Waals surface area contributed by atoms with Crippen LogP contribution in [0.25, 0.3) is 11.3 Å². The lowest BCUT2D eigenvalue weighted by atomic mass is 10.1. The van der Waals surface area contributed by atoms with E-state index in [1.807, 2.05) is 24.3 Å². The Balaban J connectivity index is 1.65. The first-order chi connectivity index (χ1) is 14.5. The zero-order chi connectivity index (χ0) is 21.5. The van der Waals surface area contributed by atoms with E-state index in [1.54, 1.807) is 7.11 Å². The quantitative estimate of drug-likeness (QED) is 0.616. The Morgan fingerprint density at radius 2 is 1.83 bits per heavy atom. The van der Waals surface area contributed by atoms with E-state index in [4.69, 9.17) is 9.47 Å². The standard InChI is InChI=1S/C22H22FN3O4/c1-29-17-6-3-15(4-7-17)11-12-24-21(27)14-26-22(28)10-9-19(25-26)18-8-5-16(23)13-20(18)30-2/h3-10,13H,11-12,14H2,1-2H3,(H,24,27). The monoisotopic (exact) mass is 411 g/mol. The molecule has 0 aliphatic heterocycles. The van der Waals surface area contributed by atoms with Crippen LogP contribution in [-0.2, 0) is 17.8 Å². The number of nitrogens with one attached hydrogen (secondary N) is 1. The predicted octanol–water partition coefficient (Wildman–Crippen LogP) is 2.43. The highest BCUT2D eigenvalue weighted by Crippen LogP contribution is 2.28. The van der Waals surface area contributed by atoms with Gasteiger partial charge in [-0.05, 0) is 42.3 Å². The Labute approximate surface area is 173 Å². The van der Waals surface area contributed by atoms with Crippen molar-refractivity contribution in [2.45, 2.75) is 13.0 Å². The summed E-state index contributed by atoms with van der Waals surface area (Å²) in [6, 6.07) is 14.4. The molecule has 1 N–H and O–H groups in total. The second-order valence-electron chi connectivity index (χ2n) is 6.51. The van der Waals surface area contributed by atoms with Crippen LogP contribution in [0.4, 0.5) is 4.39 Å². The zero-order valence-corrected chi connectivity index (χ0v) is 16.7. The molecule has 0 saturated carbocycles. The molecule has 1 aromatic heterocycles. The van der Waals surface area contributed by atoms with Crippen LogP contribution in [0.15, 0.2) is 59.4 Å².